The van der Waals surface area contributed by atoms with E-state index in [0.29, 0.717) is 6.54 Å². The van der Waals surface area contributed by atoms with Gasteiger partial charge in [-0.2, -0.15) is 0 Å². The highest BCUT2D eigenvalue weighted by Crippen LogP contribution is 2.70. The van der Waals surface area contributed by atoms with Crippen LogP contribution in [-0.4, -0.2) is 15.9 Å². The van der Waals surface area contributed by atoms with Gasteiger partial charge in [-0.05, 0) is 67.5 Å². The van der Waals surface area contributed by atoms with Crippen LogP contribution in [0.1, 0.15) is 61.9 Å². The standard InChI is InChI=1S/C24H27N3O2/c1-14-11-17-18(12-15(14)2)27-20-19(26-17)23(5)8-9-24(20,22(23,3)4)21(28)25-13-16-7-6-10-29-16/h6-7,10-12H,8-9,13H2,1-5H3,(H,25,28). The van der Waals surface area contributed by atoms with Gasteiger partial charge in [-0.3, -0.25) is 4.79 Å². The van der Waals surface area contributed by atoms with Gasteiger partial charge in [0.15, 0.2) is 0 Å². The van der Waals surface area contributed by atoms with E-state index < -0.39 is 5.41 Å². The third-order valence-electron chi connectivity index (χ3n) is 8.04. The fraction of sp³-hybridized carbons (Fsp3) is 0.458. The minimum Gasteiger partial charge on any atom is -0.467 e. The van der Waals surface area contributed by atoms with Gasteiger partial charge < -0.3 is 9.73 Å². The first-order valence-corrected chi connectivity index (χ1v) is 10.3. The van der Waals surface area contributed by atoms with Crippen molar-refractivity contribution < 1.29 is 9.21 Å². The maximum absolute atomic E-state index is 13.7. The molecule has 1 N–H and O–H groups in total. The zero-order valence-electron chi connectivity index (χ0n) is 17.7. The van der Waals surface area contributed by atoms with Crippen molar-refractivity contribution in [2.45, 2.75) is 64.8 Å². The van der Waals surface area contributed by atoms with Gasteiger partial charge in [0.2, 0.25) is 5.91 Å². The highest BCUT2D eigenvalue weighted by atomic mass is 16.3. The van der Waals surface area contributed by atoms with Crippen LogP contribution in [0.15, 0.2) is 34.9 Å². The number of furan rings is 1. The van der Waals surface area contributed by atoms with Gasteiger partial charge in [-0.1, -0.05) is 20.8 Å². The monoisotopic (exact) mass is 389 g/mol. The number of carbonyl (C=O) groups excluding carboxylic acids is 1. The molecule has 2 atom stereocenters. The van der Waals surface area contributed by atoms with Crippen molar-refractivity contribution in [2.24, 2.45) is 5.41 Å². The average Bonchev–Trinajstić information content (AvgIpc) is 3.30. The molecule has 2 unspecified atom stereocenters. The molecule has 1 amide bonds. The number of rotatable bonds is 3. The number of aromatic nitrogens is 2. The van der Waals surface area contributed by atoms with Crippen molar-refractivity contribution in [1.29, 1.82) is 0 Å². The molecule has 150 valence electrons. The van der Waals surface area contributed by atoms with Crippen LogP contribution in [0.25, 0.3) is 11.0 Å². The molecule has 1 aromatic carbocycles. The molecule has 5 heteroatoms. The lowest BCUT2D eigenvalue weighted by Gasteiger charge is -2.39. The van der Waals surface area contributed by atoms with Crippen LogP contribution >= 0.6 is 0 Å². The zero-order chi connectivity index (χ0) is 20.6. The number of amides is 1. The Bertz CT molecular complexity index is 1150. The van der Waals surface area contributed by atoms with Crippen molar-refractivity contribution in [1.82, 2.24) is 15.3 Å². The van der Waals surface area contributed by atoms with E-state index in [-0.39, 0.29) is 16.7 Å². The maximum atomic E-state index is 13.7. The SMILES string of the molecule is Cc1cc2nc3c(nc2cc1C)C1(C(=O)NCc2ccco2)CCC3(C)C1(C)C. The molecule has 2 aliphatic rings. The Morgan fingerprint density at radius 1 is 1.07 bits per heavy atom. The van der Waals surface area contributed by atoms with Crippen LogP contribution in [0.5, 0.6) is 0 Å². The third-order valence-corrected chi connectivity index (χ3v) is 8.04. The highest BCUT2D eigenvalue weighted by Gasteiger charge is 2.73. The van der Waals surface area contributed by atoms with Gasteiger partial charge in [-0.25, -0.2) is 9.97 Å². The Labute approximate surface area is 170 Å². The normalized spacial score (nSPS) is 26.7. The smallest absolute Gasteiger partial charge is 0.233 e. The molecule has 1 saturated carbocycles. The summed E-state index contributed by atoms with van der Waals surface area (Å²) in [5.41, 5.74) is 4.92. The van der Waals surface area contributed by atoms with Crippen LogP contribution in [0.2, 0.25) is 0 Å². The van der Waals surface area contributed by atoms with Gasteiger partial charge in [0.25, 0.3) is 0 Å². The van der Waals surface area contributed by atoms with Crippen molar-refractivity contribution in [3.05, 3.63) is 58.8 Å². The molecule has 0 spiro atoms. The number of hydrogen-bond donors (Lipinski definition) is 1. The molecule has 0 saturated heterocycles. The minimum absolute atomic E-state index is 0.0267. The van der Waals surface area contributed by atoms with E-state index in [0.717, 1.165) is 41.0 Å². The fourth-order valence-corrected chi connectivity index (χ4v) is 5.59. The first kappa shape index (κ1) is 18.3. The summed E-state index contributed by atoms with van der Waals surface area (Å²) in [6, 6.07) is 7.92. The zero-order valence-corrected chi connectivity index (χ0v) is 17.7. The summed E-state index contributed by atoms with van der Waals surface area (Å²) in [5, 5.41) is 3.13. The van der Waals surface area contributed by atoms with E-state index in [2.05, 4.69) is 52.1 Å². The van der Waals surface area contributed by atoms with Crippen molar-refractivity contribution in [3.8, 4) is 0 Å². The lowest BCUT2D eigenvalue weighted by molar-refractivity contribution is -0.130. The molecule has 3 aromatic rings. The summed E-state index contributed by atoms with van der Waals surface area (Å²) in [5.74, 6) is 0.779. The predicted molar refractivity (Wildman–Crippen MR) is 112 cm³/mol. The summed E-state index contributed by atoms with van der Waals surface area (Å²) in [6.45, 7) is 11.2. The van der Waals surface area contributed by atoms with E-state index in [1.54, 1.807) is 6.26 Å². The number of hydrogen-bond acceptors (Lipinski definition) is 4. The third kappa shape index (κ3) is 2.13. The average molecular weight is 389 g/mol. The second-order valence-corrected chi connectivity index (χ2v) is 9.47. The molecule has 5 nitrogen and oxygen atoms in total. The molecule has 2 aliphatic carbocycles. The van der Waals surface area contributed by atoms with Gasteiger partial charge in [0, 0.05) is 5.41 Å². The number of carbonyl (C=O) groups is 1. The minimum atomic E-state index is -0.677. The molecule has 0 aliphatic heterocycles. The summed E-state index contributed by atoms with van der Waals surface area (Å²) in [7, 11) is 0. The number of fused-ring (bicyclic) bond motifs is 6. The molecule has 2 aromatic heterocycles. The Balaban J connectivity index is 1.67. The number of nitrogens with zero attached hydrogens (tertiary/aromatic N) is 2. The quantitative estimate of drug-likeness (QED) is 0.717. The molecule has 0 radical (unpaired) electrons. The lowest BCUT2D eigenvalue weighted by atomic mass is 9.63. The van der Waals surface area contributed by atoms with Crippen molar-refractivity contribution in [3.63, 3.8) is 0 Å². The Hall–Kier alpha value is -2.69. The van der Waals surface area contributed by atoms with Crippen LogP contribution in [0.3, 0.4) is 0 Å². The maximum Gasteiger partial charge on any atom is 0.233 e. The number of nitrogens with one attached hydrogen (secondary N) is 1. The van der Waals surface area contributed by atoms with Crippen molar-refractivity contribution >= 4 is 16.9 Å². The van der Waals surface area contributed by atoms with Crippen LogP contribution in [0.4, 0.5) is 0 Å². The molecular formula is C24H27N3O2. The van der Waals surface area contributed by atoms with E-state index in [1.165, 1.54) is 11.1 Å². The van der Waals surface area contributed by atoms with Gasteiger partial charge in [0.1, 0.15) is 5.76 Å². The molecule has 2 bridgehead atoms. The summed E-state index contributed by atoms with van der Waals surface area (Å²) in [4.78, 5) is 23.8. The number of aryl methyl sites for hydroxylation is 2. The van der Waals surface area contributed by atoms with Gasteiger partial charge in [0.05, 0.1) is 40.6 Å². The van der Waals surface area contributed by atoms with Gasteiger partial charge >= 0.3 is 0 Å². The van der Waals surface area contributed by atoms with Crippen LogP contribution in [0, 0.1) is 19.3 Å². The molecular weight excluding hydrogens is 362 g/mol. The molecule has 1 fully saturated rings. The second kappa shape index (κ2) is 5.68. The summed E-state index contributed by atoms with van der Waals surface area (Å²) < 4.78 is 5.40. The molecule has 29 heavy (non-hydrogen) atoms. The van der Waals surface area contributed by atoms with E-state index >= 15 is 0 Å². The Morgan fingerprint density at radius 3 is 2.34 bits per heavy atom. The molecule has 2 heterocycles. The summed E-state index contributed by atoms with van der Waals surface area (Å²) in [6.07, 6.45) is 3.36. The second-order valence-electron chi connectivity index (χ2n) is 9.47. The first-order valence-electron chi connectivity index (χ1n) is 10.3. The first-order chi connectivity index (χ1) is 13.7. The topological polar surface area (TPSA) is 68.0 Å². The summed E-state index contributed by atoms with van der Waals surface area (Å²) >= 11 is 0. The van der Waals surface area contributed by atoms with Crippen molar-refractivity contribution in [2.75, 3.05) is 0 Å². The molecule has 5 rings (SSSR count). The lowest BCUT2D eigenvalue weighted by Crippen LogP contribution is -2.51. The predicted octanol–water partition coefficient (Wildman–Crippen LogP) is 4.49. The number of benzene rings is 1. The Kier molecular flexibility index (Phi) is 3.59. The van der Waals surface area contributed by atoms with E-state index in [9.17, 15) is 4.79 Å². The Morgan fingerprint density at radius 2 is 1.72 bits per heavy atom. The van der Waals surface area contributed by atoms with E-state index in [1.807, 2.05) is 12.1 Å². The fourth-order valence-electron chi connectivity index (χ4n) is 5.59. The van der Waals surface area contributed by atoms with Crippen LogP contribution in [-0.2, 0) is 22.2 Å². The van der Waals surface area contributed by atoms with Gasteiger partial charge in [-0.15, -0.1) is 0 Å². The van der Waals surface area contributed by atoms with Crippen LogP contribution < -0.4 is 5.32 Å². The van der Waals surface area contributed by atoms with E-state index in [4.69, 9.17) is 14.4 Å². The highest BCUT2D eigenvalue weighted by molar-refractivity contribution is 5.93. The largest absolute Gasteiger partial charge is 0.467 e.